The van der Waals surface area contributed by atoms with Crippen molar-refractivity contribution in [3.63, 3.8) is 0 Å². The number of hydrogen-bond acceptors (Lipinski definition) is 4. The predicted octanol–water partition coefficient (Wildman–Crippen LogP) is 5.97. The van der Waals surface area contributed by atoms with E-state index in [0.29, 0.717) is 21.6 Å². The average molecular weight is 438 g/mol. The molecule has 0 aliphatic heterocycles. The van der Waals surface area contributed by atoms with Crippen LogP contribution in [-0.4, -0.2) is 18.7 Å². The van der Waals surface area contributed by atoms with Crippen LogP contribution in [-0.2, 0) is 4.79 Å². The molecule has 2 N–H and O–H groups in total. The van der Waals surface area contributed by atoms with Gasteiger partial charge in [-0.1, -0.05) is 59.6 Å². The normalized spacial score (nSPS) is 11.1. The van der Waals surface area contributed by atoms with Crippen LogP contribution < -0.4 is 10.7 Å². The number of amides is 1. The highest BCUT2D eigenvalue weighted by molar-refractivity contribution is 6.42. The second kappa shape index (κ2) is 9.03. The molecule has 0 radical (unpaired) electrons. The zero-order valence-corrected chi connectivity index (χ0v) is 17.2. The number of nitrogens with zero attached hydrogens (tertiary/aromatic N) is 1. The Morgan fingerprint density at radius 2 is 1.80 bits per heavy atom. The van der Waals surface area contributed by atoms with E-state index in [-0.39, 0.29) is 12.5 Å². The van der Waals surface area contributed by atoms with E-state index in [1.807, 2.05) is 48.5 Å². The second-order valence-corrected chi connectivity index (χ2v) is 7.32. The lowest BCUT2D eigenvalue weighted by atomic mass is 10.1. The minimum absolute atomic E-state index is 0.0953. The Hall–Kier alpha value is -3.28. The molecule has 0 fully saturated rings. The molecule has 30 heavy (non-hydrogen) atoms. The number of carbonyl (C=O) groups is 1. The molecular formula is C23H17Cl2N3O2. The summed E-state index contributed by atoms with van der Waals surface area (Å²) in [5.41, 5.74) is 4.18. The summed E-state index contributed by atoms with van der Waals surface area (Å²) < 4.78 is 5.71. The number of rotatable bonds is 6. The Bertz CT molecular complexity index is 1230. The van der Waals surface area contributed by atoms with Gasteiger partial charge in [0.1, 0.15) is 11.5 Å². The van der Waals surface area contributed by atoms with Crippen LogP contribution in [0.4, 0.5) is 5.69 Å². The highest BCUT2D eigenvalue weighted by Gasteiger charge is 2.07. The van der Waals surface area contributed by atoms with Crippen molar-refractivity contribution in [3.05, 3.63) is 88.6 Å². The molecule has 0 atom stereocenters. The van der Waals surface area contributed by atoms with E-state index < -0.39 is 0 Å². The number of halogens is 2. The summed E-state index contributed by atoms with van der Waals surface area (Å²) in [5.74, 6) is 0.854. The topological polar surface area (TPSA) is 66.6 Å². The first-order valence-electron chi connectivity index (χ1n) is 9.19. The van der Waals surface area contributed by atoms with Gasteiger partial charge in [-0.2, -0.15) is 5.10 Å². The van der Waals surface area contributed by atoms with Crippen LogP contribution in [0.1, 0.15) is 5.76 Å². The van der Waals surface area contributed by atoms with Crippen LogP contribution in [0.15, 0.2) is 82.3 Å². The van der Waals surface area contributed by atoms with Crippen LogP contribution in [0.25, 0.3) is 22.1 Å². The minimum Gasteiger partial charge on any atom is -0.455 e. The number of anilines is 1. The molecule has 0 aliphatic rings. The lowest BCUT2D eigenvalue weighted by Crippen LogP contribution is -2.25. The van der Waals surface area contributed by atoms with E-state index in [0.717, 1.165) is 22.0 Å². The number of carbonyl (C=O) groups excluding carboxylic acids is 1. The summed E-state index contributed by atoms with van der Waals surface area (Å²) in [6, 6.07) is 22.7. The van der Waals surface area contributed by atoms with Crippen LogP contribution in [0, 0.1) is 0 Å². The molecule has 4 rings (SSSR count). The Kier molecular flexibility index (Phi) is 6.02. The molecule has 150 valence electrons. The monoisotopic (exact) mass is 437 g/mol. The first kappa shape index (κ1) is 20.0. The van der Waals surface area contributed by atoms with Crippen LogP contribution >= 0.6 is 23.2 Å². The third kappa shape index (κ3) is 4.64. The lowest BCUT2D eigenvalue weighted by molar-refractivity contribution is -0.119. The molecule has 0 spiro atoms. The SMILES string of the molecule is O=C(CNc1cccc2ccccc12)N/N=C/c1ccc(-c2ccc(Cl)c(Cl)c2)o1. The Labute approximate surface area is 183 Å². The van der Waals surface area contributed by atoms with Crippen molar-refractivity contribution in [2.45, 2.75) is 0 Å². The van der Waals surface area contributed by atoms with Gasteiger partial charge < -0.3 is 9.73 Å². The second-order valence-electron chi connectivity index (χ2n) is 6.50. The van der Waals surface area contributed by atoms with Gasteiger partial charge in [-0.15, -0.1) is 0 Å². The average Bonchev–Trinajstić information content (AvgIpc) is 3.23. The van der Waals surface area contributed by atoms with Crippen LogP contribution in [0.3, 0.4) is 0 Å². The Balaban J connectivity index is 1.34. The summed E-state index contributed by atoms with van der Waals surface area (Å²) >= 11 is 12.0. The molecule has 4 aromatic rings. The third-order valence-corrected chi connectivity index (χ3v) is 5.18. The number of hydrazone groups is 1. The zero-order chi connectivity index (χ0) is 20.9. The Morgan fingerprint density at radius 3 is 2.67 bits per heavy atom. The number of hydrogen-bond donors (Lipinski definition) is 2. The van der Waals surface area contributed by atoms with Gasteiger partial charge in [-0.05, 0) is 41.8 Å². The van der Waals surface area contributed by atoms with E-state index in [2.05, 4.69) is 15.8 Å². The van der Waals surface area contributed by atoms with Gasteiger partial charge in [0, 0.05) is 16.6 Å². The molecule has 1 amide bonds. The number of nitrogens with one attached hydrogen (secondary N) is 2. The van der Waals surface area contributed by atoms with Crippen molar-refractivity contribution in [2.75, 3.05) is 11.9 Å². The summed E-state index contributed by atoms with van der Waals surface area (Å²) in [5, 5.41) is 10.2. The number of benzene rings is 3. The fraction of sp³-hybridized carbons (Fsp3) is 0.0435. The Morgan fingerprint density at radius 1 is 0.967 bits per heavy atom. The molecule has 0 aliphatic carbocycles. The van der Waals surface area contributed by atoms with Crippen molar-refractivity contribution in [1.82, 2.24) is 5.43 Å². The van der Waals surface area contributed by atoms with Crippen molar-refractivity contribution >= 4 is 51.8 Å². The third-order valence-electron chi connectivity index (χ3n) is 4.44. The van der Waals surface area contributed by atoms with Gasteiger partial charge in [0.25, 0.3) is 5.91 Å². The maximum Gasteiger partial charge on any atom is 0.259 e. The molecule has 0 bridgehead atoms. The maximum atomic E-state index is 12.1. The van der Waals surface area contributed by atoms with Gasteiger partial charge in [-0.3, -0.25) is 4.79 Å². The smallest absolute Gasteiger partial charge is 0.259 e. The number of furan rings is 1. The van der Waals surface area contributed by atoms with Gasteiger partial charge in [0.15, 0.2) is 0 Å². The minimum atomic E-state index is -0.268. The lowest BCUT2D eigenvalue weighted by Gasteiger charge is -2.08. The van der Waals surface area contributed by atoms with Crippen molar-refractivity contribution in [2.24, 2.45) is 5.10 Å². The van der Waals surface area contributed by atoms with Gasteiger partial charge in [0.2, 0.25) is 0 Å². The fourth-order valence-corrected chi connectivity index (χ4v) is 3.29. The zero-order valence-electron chi connectivity index (χ0n) is 15.7. The predicted molar refractivity (Wildman–Crippen MR) is 122 cm³/mol. The van der Waals surface area contributed by atoms with Crippen molar-refractivity contribution in [3.8, 4) is 11.3 Å². The van der Waals surface area contributed by atoms with E-state index in [1.54, 1.807) is 24.3 Å². The molecule has 0 saturated carbocycles. The quantitative estimate of drug-likeness (QED) is 0.288. The molecule has 0 saturated heterocycles. The molecule has 3 aromatic carbocycles. The van der Waals surface area contributed by atoms with E-state index >= 15 is 0 Å². The van der Waals surface area contributed by atoms with Crippen LogP contribution in [0.2, 0.25) is 10.0 Å². The fourth-order valence-electron chi connectivity index (χ4n) is 2.99. The summed E-state index contributed by atoms with van der Waals surface area (Å²) in [7, 11) is 0. The van der Waals surface area contributed by atoms with Crippen LogP contribution in [0.5, 0.6) is 0 Å². The van der Waals surface area contributed by atoms with E-state index in [4.69, 9.17) is 27.6 Å². The molecular weight excluding hydrogens is 421 g/mol. The molecule has 1 aromatic heterocycles. The largest absolute Gasteiger partial charge is 0.455 e. The highest BCUT2D eigenvalue weighted by Crippen LogP contribution is 2.29. The first-order valence-corrected chi connectivity index (χ1v) is 9.94. The van der Waals surface area contributed by atoms with Gasteiger partial charge in [-0.25, -0.2) is 5.43 Å². The van der Waals surface area contributed by atoms with Gasteiger partial charge in [0.05, 0.1) is 22.8 Å². The first-order chi connectivity index (χ1) is 14.6. The highest BCUT2D eigenvalue weighted by atomic mass is 35.5. The standard InChI is InChI=1S/C23H17Cl2N3O2/c24-19-10-8-16(12-20(19)25)22-11-9-17(30-22)13-27-28-23(29)14-26-21-7-3-5-15-4-1-2-6-18(15)21/h1-13,26H,14H2,(H,28,29)/b27-13+. The van der Waals surface area contributed by atoms with Crippen molar-refractivity contribution in [1.29, 1.82) is 0 Å². The van der Waals surface area contributed by atoms with E-state index in [1.165, 1.54) is 6.21 Å². The van der Waals surface area contributed by atoms with Gasteiger partial charge >= 0.3 is 0 Å². The molecule has 1 heterocycles. The van der Waals surface area contributed by atoms with Crippen molar-refractivity contribution < 1.29 is 9.21 Å². The summed E-state index contributed by atoms with van der Waals surface area (Å²) in [6.45, 7) is 0.0953. The number of fused-ring (bicyclic) bond motifs is 1. The maximum absolute atomic E-state index is 12.1. The molecule has 7 heteroatoms. The molecule has 5 nitrogen and oxygen atoms in total. The summed E-state index contributed by atoms with van der Waals surface area (Å²) in [4.78, 5) is 12.1. The molecule has 0 unspecified atom stereocenters. The van der Waals surface area contributed by atoms with E-state index in [9.17, 15) is 4.79 Å². The summed E-state index contributed by atoms with van der Waals surface area (Å²) in [6.07, 6.45) is 1.44.